The Balaban J connectivity index is 2.44. The molecule has 94 valence electrons. The largest absolute Gasteiger partial charge is 0.318 e. The lowest BCUT2D eigenvalue weighted by molar-refractivity contribution is -0.386. The van der Waals surface area contributed by atoms with Gasteiger partial charge in [0, 0.05) is 7.05 Å². The van der Waals surface area contributed by atoms with E-state index in [1.165, 1.54) is 11.0 Å². The zero-order valence-corrected chi connectivity index (χ0v) is 10.2. The Bertz CT molecular complexity index is 584. The molecule has 0 bridgehead atoms. The van der Waals surface area contributed by atoms with E-state index in [-0.39, 0.29) is 11.4 Å². The highest BCUT2D eigenvalue weighted by Crippen LogP contribution is 2.37. The van der Waals surface area contributed by atoms with E-state index in [2.05, 4.69) is 15.5 Å². The van der Waals surface area contributed by atoms with Crippen molar-refractivity contribution in [3.63, 3.8) is 0 Å². The third kappa shape index (κ3) is 2.26. The van der Waals surface area contributed by atoms with Crippen molar-refractivity contribution in [3.05, 3.63) is 34.6 Å². The van der Waals surface area contributed by atoms with Gasteiger partial charge >= 0.3 is 5.69 Å². The summed E-state index contributed by atoms with van der Waals surface area (Å²) in [6.45, 7) is 0. The number of rotatable bonds is 4. The van der Waals surface area contributed by atoms with Gasteiger partial charge in [0.25, 0.3) is 0 Å². The van der Waals surface area contributed by atoms with Crippen molar-refractivity contribution in [1.29, 1.82) is 0 Å². The molecule has 0 aliphatic heterocycles. The van der Waals surface area contributed by atoms with E-state index in [1.54, 1.807) is 25.2 Å². The Hall–Kier alpha value is -2.13. The number of anilines is 1. The van der Waals surface area contributed by atoms with Crippen LogP contribution < -0.4 is 11.3 Å². The topological polar surface area (TPSA) is 112 Å². The van der Waals surface area contributed by atoms with E-state index in [1.807, 2.05) is 0 Å². The zero-order valence-electron chi connectivity index (χ0n) is 9.40. The van der Waals surface area contributed by atoms with Gasteiger partial charge in [0.2, 0.25) is 0 Å². The molecular formula is C9H10N6O2S. The molecule has 0 fully saturated rings. The van der Waals surface area contributed by atoms with Crippen LogP contribution in [0.25, 0.3) is 0 Å². The highest BCUT2D eigenvalue weighted by Gasteiger charge is 2.21. The van der Waals surface area contributed by atoms with Gasteiger partial charge in [-0.25, -0.2) is 9.67 Å². The van der Waals surface area contributed by atoms with Crippen molar-refractivity contribution in [2.45, 2.75) is 10.1 Å². The van der Waals surface area contributed by atoms with Crippen LogP contribution in [0.15, 0.2) is 34.6 Å². The molecule has 3 N–H and O–H groups in total. The van der Waals surface area contributed by atoms with Crippen LogP contribution in [0, 0.1) is 10.1 Å². The van der Waals surface area contributed by atoms with E-state index < -0.39 is 4.92 Å². The van der Waals surface area contributed by atoms with Gasteiger partial charge in [-0.3, -0.25) is 16.0 Å². The maximum Gasteiger partial charge on any atom is 0.307 e. The number of aryl methyl sites for hydroxylation is 1. The highest BCUT2D eigenvalue weighted by atomic mass is 32.2. The fourth-order valence-corrected chi connectivity index (χ4v) is 2.29. The molecule has 0 atom stereocenters. The second-order valence-corrected chi connectivity index (χ2v) is 4.33. The first-order chi connectivity index (χ1) is 8.63. The number of nitro benzene ring substituents is 1. The van der Waals surface area contributed by atoms with E-state index >= 15 is 0 Å². The molecule has 0 saturated heterocycles. The Kier molecular flexibility index (Phi) is 3.44. The van der Waals surface area contributed by atoms with Crippen molar-refractivity contribution >= 4 is 23.1 Å². The molecule has 0 amide bonds. The van der Waals surface area contributed by atoms with Gasteiger partial charge in [-0.05, 0) is 23.9 Å². The Labute approximate surface area is 106 Å². The normalized spacial score (nSPS) is 10.3. The van der Waals surface area contributed by atoms with Crippen molar-refractivity contribution < 1.29 is 4.92 Å². The van der Waals surface area contributed by atoms with Gasteiger partial charge in [-0.2, -0.15) is 5.10 Å². The van der Waals surface area contributed by atoms with Gasteiger partial charge in [-0.1, -0.05) is 6.07 Å². The minimum atomic E-state index is -0.478. The summed E-state index contributed by atoms with van der Waals surface area (Å²) in [5.41, 5.74) is 2.49. The number of aromatic nitrogens is 3. The molecule has 0 spiro atoms. The van der Waals surface area contributed by atoms with Gasteiger partial charge in [0.15, 0.2) is 5.16 Å². The summed E-state index contributed by atoms with van der Waals surface area (Å²) in [6, 6.07) is 4.86. The standard InChI is InChI=1S/C9H10N6O2S/c1-14-9(11-5-12-14)18-7-4-2-3-6(13-10)8(7)15(16)17/h2-5,13H,10H2,1H3. The number of hydrogen-bond donors (Lipinski definition) is 2. The molecular weight excluding hydrogens is 256 g/mol. The van der Waals surface area contributed by atoms with Crippen LogP contribution in [0.3, 0.4) is 0 Å². The molecule has 1 aromatic heterocycles. The number of nitrogens with zero attached hydrogens (tertiary/aromatic N) is 4. The maximum atomic E-state index is 11.1. The number of hydrogen-bond acceptors (Lipinski definition) is 7. The lowest BCUT2D eigenvalue weighted by atomic mass is 10.3. The molecule has 1 heterocycles. The SMILES string of the molecule is Cn1ncnc1Sc1cccc(NN)c1[N+](=O)[O-]. The summed E-state index contributed by atoms with van der Waals surface area (Å²) >= 11 is 1.16. The predicted octanol–water partition coefficient (Wildman–Crippen LogP) is 1.16. The first kappa shape index (κ1) is 12.3. The van der Waals surface area contributed by atoms with Crippen LogP contribution in [0.5, 0.6) is 0 Å². The molecule has 0 unspecified atom stereocenters. The molecule has 0 radical (unpaired) electrons. The predicted molar refractivity (Wildman–Crippen MR) is 66.0 cm³/mol. The average Bonchev–Trinajstić information content (AvgIpc) is 2.74. The second-order valence-electron chi connectivity index (χ2n) is 3.32. The smallest absolute Gasteiger partial charge is 0.307 e. The van der Waals surface area contributed by atoms with Crippen molar-refractivity contribution in [1.82, 2.24) is 14.8 Å². The molecule has 1 aromatic carbocycles. The van der Waals surface area contributed by atoms with E-state index in [4.69, 9.17) is 5.84 Å². The summed E-state index contributed by atoms with van der Waals surface area (Å²) in [4.78, 5) is 15.0. The summed E-state index contributed by atoms with van der Waals surface area (Å²) in [5, 5.41) is 15.5. The Morgan fingerprint density at radius 3 is 2.89 bits per heavy atom. The van der Waals surface area contributed by atoms with Gasteiger partial charge in [0.05, 0.1) is 9.82 Å². The van der Waals surface area contributed by atoms with Gasteiger partial charge in [-0.15, -0.1) is 0 Å². The molecule has 8 nitrogen and oxygen atoms in total. The van der Waals surface area contributed by atoms with Crippen molar-refractivity contribution in [2.24, 2.45) is 12.9 Å². The minimum Gasteiger partial charge on any atom is -0.318 e. The Morgan fingerprint density at radius 1 is 1.56 bits per heavy atom. The molecule has 2 aromatic rings. The molecule has 0 aliphatic carbocycles. The number of benzene rings is 1. The summed E-state index contributed by atoms with van der Waals surface area (Å²) in [7, 11) is 1.71. The summed E-state index contributed by atoms with van der Waals surface area (Å²) in [5.74, 6) is 5.26. The Morgan fingerprint density at radius 2 is 2.33 bits per heavy atom. The first-order valence-corrected chi connectivity index (χ1v) is 5.71. The zero-order chi connectivity index (χ0) is 13.1. The molecule has 9 heteroatoms. The number of nitro groups is 1. The number of hydrazine groups is 1. The fourth-order valence-electron chi connectivity index (χ4n) is 1.39. The average molecular weight is 266 g/mol. The second kappa shape index (κ2) is 5.02. The third-order valence-corrected chi connectivity index (χ3v) is 3.31. The van der Waals surface area contributed by atoms with Crippen LogP contribution in [-0.4, -0.2) is 19.7 Å². The molecule has 18 heavy (non-hydrogen) atoms. The van der Waals surface area contributed by atoms with Crippen LogP contribution in [0.2, 0.25) is 0 Å². The lowest BCUT2D eigenvalue weighted by Gasteiger charge is -2.06. The highest BCUT2D eigenvalue weighted by molar-refractivity contribution is 7.99. The van der Waals surface area contributed by atoms with E-state index in [0.29, 0.717) is 10.1 Å². The van der Waals surface area contributed by atoms with Crippen LogP contribution in [0.4, 0.5) is 11.4 Å². The maximum absolute atomic E-state index is 11.1. The van der Waals surface area contributed by atoms with Crippen molar-refractivity contribution in [3.8, 4) is 0 Å². The molecule has 0 aliphatic rings. The summed E-state index contributed by atoms with van der Waals surface area (Å²) < 4.78 is 1.54. The first-order valence-electron chi connectivity index (χ1n) is 4.89. The number of para-hydroxylation sites is 1. The number of nitrogens with one attached hydrogen (secondary N) is 1. The summed E-state index contributed by atoms with van der Waals surface area (Å²) in [6.07, 6.45) is 1.39. The van der Waals surface area contributed by atoms with E-state index in [9.17, 15) is 10.1 Å². The number of nitrogen functional groups attached to an aromatic ring is 1. The van der Waals surface area contributed by atoms with Crippen LogP contribution >= 0.6 is 11.8 Å². The number of nitrogens with two attached hydrogens (primary N) is 1. The van der Waals surface area contributed by atoms with E-state index in [0.717, 1.165) is 11.8 Å². The lowest BCUT2D eigenvalue weighted by Crippen LogP contribution is -2.09. The van der Waals surface area contributed by atoms with Crippen LogP contribution in [-0.2, 0) is 7.05 Å². The third-order valence-electron chi connectivity index (χ3n) is 2.21. The van der Waals surface area contributed by atoms with Crippen molar-refractivity contribution in [2.75, 3.05) is 5.43 Å². The van der Waals surface area contributed by atoms with Gasteiger partial charge in [0.1, 0.15) is 12.0 Å². The fraction of sp³-hybridized carbons (Fsp3) is 0.111. The molecule has 0 saturated carbocycles. The van der Waals surface area contributed by atoms with Crippen LogP contribution in [0.1, 0.15) is 0 Å². The quantitative estimate of drug-likeness (QED) is 0.485. The van der Waals surface area contributed by atoms with Gasteiger partial charge < -0.3 is 5.43 Å². The minimum absolute atomic E-state index is 0.0759. The monoisotopic (exact) mass is 266 g/mol. The molecule has 2 rings (SSSR count).